The van der Waals surface area contributed by atoms with Gasteiger partial charge < -0.3 is 25.4 Å². The average Bonchev–Trinajstić information content (AvgIpc) is 3.20. The number of nitrogens with zero attached hydrogens (tertiary/aromatic N) is 3. The molecule has 0 aliphatic carbocycles. The normalized spacial score (nSPS) is 16.3. The summed E-state index contributed by atoms with van der Waals surface area (Å²) in [4.78, 5) is 42.4. The summed E-state index contributed by atoms with van der Waals surface area (Å²) in [6, 6.07) is 16.4. The first-order valence-corrected chi connectivity index (χ1v) is 12.9. The number of urea groups is 1. The number of nitrogens with two attached hydrogens (primary N) is 1. The maximum absolute atomic E-state index is 13.2. The number of anilines is 1. The fraction of sp³-hybridized carbons (Fsp3) is 0.321. The summed E-state index contributed by atoms with van der Waals surface area (Å²) < 4.78 is 1.97. The third kappa shape index (κ3) is 4.99. The van der Waals surface area contributed by atoms with Gasteiger partial charge in [0.25, 0.3) is 5.91 Å². The second kappa shape index (κ2) is 10.4. The van der Waals surface area contributed by atoms with Gasteiger partial charge in [0.2, 0.25) is 0 Å². The van der Waals surface area contributed by atoms with Gasteiger partial charge in [0, 0.05) is 30.3 Å². The van der Waals surface area contributed by atoms with E-state index in [1.807, 2.05) is 34.9 Å². The zero-order chi connectivity index (χ0) is 26.1. The Hall–Kier alpha value is -3.62. The quantitative estimate of drug-likeness (QED) is 0.485. The van der Waals surface area contributed by atoms with E-state index in [-0.39, 0.29) is 29.8 Å². The number of carbonyl (C=O) groups excluding carboxylic acids is 3. The lowest BCUT2D eigenvalue weighted by molar-refractivity contribution is 0.0856. The fourth-order valence-corrected chi connectivity index (χ4v) is 5.70. The lowest BCUT2D eigenvalue weighted by Crippen LogP contribution is -2.41. The highest BCUT2D eigenvalue weighted by Gasteiger charge is 2.31. The third-order valence-corrected chi connectivity index (χ3v) is 7.68. The number of carbonyl (C=O) groups is 3. The van der Waals surface area contributed by atoms with E-state index in [9.17, 15) is 14.4 Å². The third-order valence-electron chi connectivity index (χ3n) is 7.31. The molecule has 1 fully saturated rings. The number of benzene rings is 2. The number of primary amides is 1. The number of fused-ring (bicyclic) bond motifs is 1. The molecule has 0 unspecified atom stereocenters. The van der Waals surface area contributed by atoms with Gasteiger partial charge in [0.1, 0.15) is 0 Å². The minimum Gasteiger partial charge on any atom is -0.365 e. The molecule has 8 nitrogen and oxygen atoms in total. The minimum absolute atomic E-state index is 0.00723. The molecule has 3 heterocycles. The van der Waals surface area contributed by atoms with Gasteiger partial charge in [-0.05, 0) is 50.7 Å². The highest BCUT2D eigenvalue weighted by Crippen LogP contribution is 2.38. The summed E-state index contributed by atoms with van der Waals surface area (Å²) >= 11 is 6.65. The van der Waals surface area contributed by atoms with E-state index in [4.69, 9.17) is 17.3 Å². The standard InChI is InChI=1S/C28H30ClN5O3/c1-32-12-10-19(11-13-32)26(35)20-8-5-9-21(16-20)31-28(37)33-14-15-34-22(17-33)23(27(30)36)24(29)25(34)18-6-3-2-4-7-18/h2-9,16,19H,10-15,17H2,1H3,(H2,30,36)(H,31,37). The van der Waals surface area contributed by atoms with Crippen molar-refractivity contribution in [2.75, 3.05) is 32.0 Å². The summed E-state index contributed by atoms with van der Waals surface area (Å²) in [5, 5.41) is 3.22. The van der Waals surface area contributed by atoms with Crippen LogP contribution in [0.5, 0.6) is 0 Å². The number of Topliss-reactive ketones (excluding diaryl/α,β-unsaturated/α-hetero) is 1. The van der Waals surface area contributed by atoms with Crippen LogP contribution < -0.4 is 11.1 Å². The fourth-order valence-electron chi connectivity index (χ4n) is 5.29. The zero-order valence-corrected chi connectivity index (χ0v) is 21.5. The number of halogens is 1. The Balaban J connectivity index is 1.34. The van der Waals surface area contributed by atoms with Gasteiger partial charge in [-0.1, -0.05) is 54.1 Å². The van der Waals surface area contributed by atoms with Crippen molar-refractivity contribution >= 4 is 35.0 Å². The summed E-state index contributed by atoms with van der Waals surface area (Å²) in [6.45, 7) is 2.90. The Labute approximate surface area is 221 Å². The molecule has 0 bridgehead atoms. The van der Waals surface area contributed by atoms with E-state index in [1.54, 1.807) is 29.2 Å². The molecule has 5 rings (SSSR count). The van der Waals surface area contributed by atoms with E-state index in [0.29, 0.717) is 35.1 Å². The van der Waals surface area contributed by atoms with Crippen molar-refractivity contribution < 1.29 is 14.4 Å². The minimum atomic E-state index is -0.627. The monoisotopic (exact) mass is 519 g/mol. The maximum atomic E-state index is 13.2. The van der Waals surface area contributed by atoms with Crippen molar-refractivity contribution in [3.05, 3.63) is 76.4 Å². The van der Waals surface area contributed by atoms with Gasteiger partial charge in [-0.15, -0.1) is 0 Å². The lowest BCUT2D eigenvalue weighted by Gasteiger charge is -2.30. The van der Waals surface area contributed by atoms with E-state index in [1.165, 1.54) is 0 Å². The van der Waals surface area contributed by atoms with Crippen LogP contribution in [0.1, 0.15) is 39.3 Å². The SMILES string of the molecule is CN1CCC(C(=O)c2cccc(NC(=O)N3CCn4c(c(C(N)=O)c(Cl)c4-c4ccccc4)C3)c2)CC1. The molecule has 1 aromatic heterocycles. The molecule has 3 aromatic rings. The second-order valence-corrected chi connectivity index (χ2v) is 10.1. The van der Waals surface area contributed by atoms with Crippen LogP contribution in [0.25, 0.3) is 11.3 Å². The number of piperidine rings is 1. The first-order valence-electron chi connectivity index (χ1n) is 12.5. The van der Waals surface area contributed by atoms with Crippen LogP contribution >= 0.6 is 11.6 Å². The molecule has 37 heavy (non-hydrogen) atoms. The molecular formula is C28H30ClN5O3. The summed E-state index contributed by atoms with van der Waals surface area (Å²) in [5.74, 6) is -0.500. The van der Waals surface area contributed by atoms with Gasteiger partial charge in [-0.3, -0.25) is 9.59 Å². The predicted molar refractivity (Wildman–Crippen MR) is 144 cm³/mol. The number of aromatic nitrogens is 1. The number of rotatable bonds is 5. The molecular weight excluding hydrogens is 490 g/mol. The van der Waals surface area contributed by atoms with Crippen LogP contribution in [0.2, 0.25) is 5.02 Å². The molecule has 0 spiro atoms. The van der Waals surface area contributed by atoms with Crippen molar-refractivity contribution in [1.29, 1.82) is 0 Å². The van der Waals surface area contributed by atoms with Crippen molar-refractivity contribution in [3.8, 4) is 11.3 Å². The summed E-state index contributed by atoms with van der Waals surface area (Å²) in [7, 11) is 2.07. The van der Waals surface area contributed by atoms with Crippen molar-refractivity contribution in [1.82, 2.24) is 14.4 Å². The molecule has 0 radical (unpaired) electrons. The first-order chi connectivity index (χ1) is 17.8. The maximum Gasteiger partial charge on any atom is 0.322 e. The van der Waals surface area contributed by atoms with Crippen LogP contribution in [0, 0.1) is 5.92 Å². The highest BCUT2D eigenvalue weighted by molar-refractivity contribution is 6.36. The smallest absolute Gasteiger partial charge is 0.322 e. The summed E-state index contributed by atoms with van der Waals surface area (Å²) in [6.07, 6.45) is 1.68. The second-order valence-electron chi connectivity index (χ2n) is 9.74. The molecule has 0 atom stereocenters. The number of hydrogen-bond donors (Lipinski definition) is 2. The molecule has 0 saturated carbocycles. The largest absolute Gasteiger partial charge is 0.365 e. The number of likely N-dealkylation sites (tertiary alicyclic amines) is 1. The van der Waals surface area contributed by atoms with E-state index in [0.717, 1.165) is 37.2 Å². The Morgan fingerprint density at radius 3 is 2.41 bits per heavy atom. The van der Waals surface area contributed by atoms with Crippen LogP contribution in [0.15, 0.2) is 54.6 Å². The molecule has 2 aliphatic heterocycles. The van der Waals surface area contributed by atoms with Gasteiger partial charge in [-0.25, -0.2) is 4.79 Å². The Morgan fingerprint density at radius 1 is 0.973 bits per heavy atom. The Morgan fingerprint density at radius 2 is 1.70 bits per heavy atom. The van der Waals surface area contributed by atoms with E-state index >= 15 is 0 Å². The van der Waals surface area contributed by atoms with Gasteiger partial charge in [0.05, 0.1) is 28.5 Å². The summed E-state index contributed by atoms with van der Waals surface area (Å²) in [5.41, 5.74) is 9.33. The molecule has 192 valence electrons. The van der Waals surface area contributed by atoms with Crippen LogP contribution in [-0.2, 0) is 13.1 Å². The number of amides is 3. The predicted octanol–water partition coefficient (Wildman–Crippen LogP) is 4.48. The van der Waals surface area contributed by atoms with Crippen LogP contribution in [0.3, 0.4) is 0 Å². The number of hydrogen-bond acceptors (Lipinski definition) is 4. The Kier molecular flexibility index (Phi) is 7.04. The number of nitrogens with one attached hydrogen (secondary N) is 1. The van der Waals surface area contributed by atoms with E-state index in [2.05, 4.69) is 17.3 Å². The average molecular weight is 520 g/mol. The molecule has 3 amide bonds. The Bertz CT molecular complexity index is 1350. The molecule has 2 aliphatic rings. The van der Waals surface area contributed by atoms with Crippen molar-refractivity contribution in [2.45, 2.75) is 25.9 Å². The van der Waals surface area contributed by atoms with Crippen molar-refractivity contribution in [2.24, 2.45) is 11.7 Å². The lowest BCUT2D eigenvalue weighted by atomic mass is 9.89. The van der Waals surface area contributed by atoms with Crippen LogP contribution in [0.4, 0.5) is 10.5 Å². The van der Waals surface area contributed by atoms with Crippen molar-refractivity contribution in [3.63, 3.8) is 0 Å². The van der Waals surface area contributed by atoms with Gasteiger partial charge in [-0.2, -0.15) is 0 Å². The first kappa shape index (κ1) is 25.0. The molecule has 9 heteroatoms. The van der Waals surface area contributed by atoms with Gasteiger partial charge >= 0.3 is 6.03 Å². The molecule has 2 aromatic carbocycles. The van der Waals surface area contributed by atoms with Gasteiger partial charge in [0.15, 0.2) is 5.78 Å². The topological polar surface area (TPSA) is 101 Å². The van der Waals surface area contributed by atoms with Crippen LogP contribution in [-0.4, -0.2) is 58.8 Å². The molecule has 1 saturated heterocycles. The number of ketones is 1. The molecule has 3 N–H and O–H groups in total. The highest BCUT2D eigenvalue weighted by atomic mass is 35.5. The zero-order valence-electron chi connectivity index (χ0n) is 20.7. The van der Waals surface area contributed by atoms with E-state index < -0.39 is 5.91 Å².